The van der Waals surface area contributed by atoms with Crippen molar-refractivity contribution in [1.29, 1.82) is 0 Å². The first-order valence-corrected chi connectivity index (χ1v) is 10.0. The van der Waals surface area contributed by atoms with Crippen LogP contribution in [0.1, 0.15) is 47.4 Å². The molecule has 0 saturated heterocycles. The van der Waals surface area contributed by atoms with Gasteiger partial charge in [-0.3, -0.25) is 9.89 Å². The second kappa shape index (κ2) is 8.30. The van der Waals surface area contributed by atoms with Crippen LogP contribution in [0.25, 0.3) is 22.3 Å². The van der Waals surface area contributed by atoms with Crippen molar-refractivity contribution in [1.82, 2.24) is 25.5 Å². The SMILES string of the molecule is CC(C)c1cnc2[nH]nc(-c3c[nH]c(C(=O)NC(CO)c4cccc(Cl)c4)c3)c2c1. The summed E-state index contributed by atoms with van der Waals surface area (Å²) in [5.74, 6) is 0.0141. The van der Waals surface area contributed by atoms with E-state index in [-0.39, 0.29) is 12.5 Å². The van der Waals surface area contributed by atoms with E-state index in [4.69, 9.17) is 11.6 Å². The number of nitrogens with one attached hydrogen (secondary N) is 3. The van der Waals surface area contributed by atoms with Crippen molar-refractivity contribution in [3.63, 3.8) is 0 Å². The van der Waals surface area contributed by atoms with Gasteiger partial charge in [-0.05, 0) is 41.3 Å². The van der Waals surface area contributed by atoms with Crippen LogP contribution >= 0.6 is 11.6 Å². The summed E-state index contributed by atoms with van der Waals surface area (Å²) in [4.78, 5) is 20.2. The fourth-order valence-corrected chi connectivity index (χ4v) is 3.51. The molecule has 7 nitrogen and oxygen atoms in total. The molecule has 3 aromatic heterocycles. The van der Waals surface area contributed by atoms with Crippen molar-refractivity contribution in [2.24, 2.45) is 0 Å². The predicted molar refractivity (Wildman–Crippen MR) is 117 cm³/mol. The molecule has 1 atom stereocenters. The third-order valence-corrected chi connectivity index (χ3v) is 5.28. The third-order valence-electron chi connectivity index (χ3n) is 5.04. The van der Waals surface area contributed by atoms with Crippen LogP contribution in [-0.2, 0) is 0 Å². The molecule has 4 rings (SSSR count). The Hall–Kier alpha value is -3.16. The molecule has 0 bridgehead atoms. The first-order chi connectivity index (χ1) is 14.5. The average molecular weight is 424 g/mol. The number of halogens is 1. The summed E-state index contributed by atoms with van der Waals surface area (Å²) in [5.41, 5.74) is 4.42. The van der Waals surface area contributed by atoms with Crippen LogP contribution in [0.15, 0.2) is 48.8 Å². The van der Waals surface area contributed by atoms with Gasteiger partial charge in [0.25, 0.3) is 5.91 Å². The second-order valence-corrected chi connectivity index (χ2v) is 7.89. The number of aromatic amines is 2. The Bertz CT molecular complexity index is 1200. The third kappa shape index (κ3) is 3.94. The summed E-state index contributed by atoms with van der Waals surface area (Å²) in [5, 5.41) is 21.3. The number of rotatable bonds is 6. The Morgan fingerprint density at radius 1 is 1.23 bits per heavy atom. The van der Waals surface area contributed by atoms with Crippen LogP contribution in [0.5, 0.6) is 0 Å². The highest BCUT2D eigenvalue weighted by Gasteiger charge is 2.18. The van der Waals surface area contributed by atoms with E-state index >= 15 is 0 Å². The molecule has 0 spiro atoms. The van der Waals surface area contributed by atoms with E-state index in [0.29, 0.717) is 22.3 Å². The number of aliphatic hydroxyl groups excluding tert-OH is 1. The van der Waals surface area contributed by atoms with Crippen molar-refractivity contribution in [2.75, 3.05) is 6.61 Å². The number of carbonyl (C=O) groups excluding carboxylic acids is 1. The number of amides is 1. The summed E-state index contributed by atoms with van der Waals surface area (Å²) >= 11 is 6.02. The molecule has 8 heteroatoms. The molecule has 0 aliphatic rings. The molecule has 0 fully saturated rings. The van der Waals surface area contributed by atoms with Gasteiger partial charge in [-0.2, -0.15) is 5.10 Å². The fourth-order valence-electron chi connectivity index (χ4n) is 3.31. The lowest BCUT2D eigenvalue weighted by atomic mass is 10.0. The van der Waals surface area contributed by atoms with E-state index in [2.05, 4.69) is 45.4 Å². The highest BCUT2D eigenvalue weighted by molar-refractivity contribution is 6.30. The number of aliphatic hydroxyl groups is 1. The Morgan fingerprint density at radius 3 is 2.80 bits per heavy atom. The maximum atomic E-state index is 12.7. The molecule has 1 amide bonds. The number of H-pyrrole nitrogens is 2. The summed E-state index contributed by atoms with van der Waals surface area (Å²) in [6.07, 6.45) is 3.58. The summed E-state index contributed by atoms with van der Waals surface area (Å²) in [7, 11) is 0. The highest BCUT2D eigenvalue weighted by atomic mass is 35.5. The lowest BCUT2D eigenvalue weighted by Gasteiger charge is -2.16. The summed E-state index contributed by atoms with van der Waals surface area (Å²) < 4.78 is 0. The lowest BCUT2D eigenvalue weighted by molar-refractivity contribution is 0.0912. The monoisotopic (exact) mass is 423 g/mol. The molecule has 4 N–H and O–H groups in total. The van der Waals surface area contributed by atoms with E-state index in [1.165, 1.54) is 0 Å². The zero-order chi connectivity index (χ0) is 21.3. The van der Waals surface area contributed by atoms with Crippen LogP contribution in [0.3, 0.4) is 0 Å². The second-order valence-electron chi connectivity index (χ2n) is 7.46. The Balaban J connectivity index is 1.59. The van der Waals surface area contributed by atoms with Crippen molar-refractivity contribution in [3.05, 3.63) is 70.6 Å². The topological polar surface area (TPSA) is 107 Å². The summed E-state index contributed by atoms with van der Waals surface area (Å²) in [6.45, 7) is 3.98. The van der Waals surface area contributed by atoms with Gasteiger partial charge in [-0.15, -0.1) is 0 Å². The molecule has 0 saturated carbocycles. The molecule has 0 aliphatic carbocycles. The maximum Gasteiger partial charge on any atom is 0.268 e. The minimum Gasteiger partial charge on any atom is -0.394 e. The van der Waals surface area contributed by atoms with E-state index in [1.54, 1.807) is 30.5 Å². The van der Waals surface area contributed by atoms with E-state index in [9.17, 15) is 9.90 Å². The van der Waals surface area contributed by atoms with Crippen LogP contribution in [0.2, 0.25) is 5.02 Å². The smallest absolute Gasteiger partial charge is 0.268 e. The normalized spacial score (nSPS) is 12.4. The highest BCUT2D eigenvalue weighted by Crippen LogP contribution is 2.28. The molecule has 1 unspecified atom stereocenters. The molecule has 0 aliphatic heterocycles. The number of benzene rings is 1. The van der Waals surface area contributed by atoms with Crippen LogP contribution in [-0.4, -0.2) is 37.8 Å². The van der Waals surface area contributed by atoms with Crippen molar-refractivity contribution in [2.45, 2.75) is 25.8 Å². The zero-order valence-corrected chi connectivity index (χ0v) is 17.4. The van der Waals surface area contributed by atoms with Crippen molar-refractivity contribution < 1.29 is 9.90 Å². The van der Waals surface area contributed by atoms with Crippen LogP contribution < -0.4 is 5.32 Å². The minimum atomic E-state index is -0.563. The number of hydrogen-bond donors (Lipinski definition) is 4. The fraction of sp³-hybridized carbons (Fsp3) is 0.227. The van der Waals surface area contributed by atoms with Gasteiger partial charge in [0.15, 0.2) is 5.65 Å². The summed E-state index contributed by atoms with van der Waals surface area (Å²) in [6, 6.07) is 10.3. The molecule has 3 heterocycles. The van der Waals surface area contributed by atoms with E-state index < -0.39 is 6.04 Å². The largest absolute Gasteiger partial charge is 0.394 e. The van der Waals surface area contributed by atoms with Gasteiger partial charge in [0.1, 0.15) is 11.4 Å². The first kappa shape index (κ1) is 20.1. The number of nitrogens with zero attached hydrogens (tertiary/aromatic N) is 2. The molecular weight excluding hydrogens is 402 g/mol. The number of pyridine rings is 1. The van der Waals surface area contributed by atoms with Crippen LogP contribution in [0, 0.1) is 0 Å². The van der Waals surface area contributed by atoms with Gasteiger partial charge in [-0.1, -0.05) is 37.6 Å². The molecule has 4 aromatic rings. The molecule has 0 radical (unpaired) electrons. The predicted octanol–water partition coefficient (Wildman–Crippen LogP) is 4.19. The number of hydrogen-bond acceptors (Lipinski definition) is 4. The number of aromatic nitrogens is 4. The molecular formula is C22H22ClN5O2. The number of fused-ring (bicyclic) bond motifs is 1. The minimum absolute atomic E-state index is 0.243. The van der Waals surface area contributed by atoms with Crippen molar-refractivity contribution >= 4 is 28.5 Å². The van der Waals surface area contributed by atoms with Gasteiger partial charge >= 0.3 is 0 Å². The molecule has 154 valence electrons. The average Bonchev–Trinajstić information content (AvgIpc) is 3.38. The molecule has 30 heavy (non-hydrogen) atoms. The zero-order valence-electron chi connectivity index (χ0n) is 16.6. The Kier molecular flexibility index (Phi) is 5.57. The Labute approximate surface area is 178 Å². The van der Waals surface area contributed by atoms with E-state index in [0.717, 1.165) is 27.8 Å². The van der Waals surface area contributed by atoms with Crippen molar-refractivity contribution in [3.8, 4) is 11.3 Å². The number of carbonyl (C=O) groups is 1. The van der Waals surface area contributed by atoms with Gasteiger partial charge in [0.2, 0.25) is 0 Å². The quantitative estimate of drug-likeness (QED) is 0.373. The maximum absolute atomic E-state index is 12.7. The van der Waals surface area contributed by atoms with Gasteiger partial charge in [0, 0.05) is 28.4 Å². The van der Waals surface area contributed by atoms with Gasteiger partial charge < -0.3 is 15.4 Å². The lowest BCUT2D eigenvalue weighted by Crippen LogP contribution is -2.31. The van der Waals surface area contributed by atoms with Gasteiger partial charge in [-0.25, -0.2) is 4.98 Å². The molecule has 1 aromatic carbocycles. The van der Waals surface area contributed by atoms with Crippen LogP contribution in [0.4, 0.5) is 0 Å². The standard InChI is InChI=1S/C22H22ClN5O2/c1-12(2)14-7-17-20(27-28-21(17)25-9-14)15-8-18(24-10-15)22(30)26-19(11-29)13-4-3-5-16(23)6-13/h3-10,12,19,24,29H,11H2,1-2H3,(H,26,30)(H,25,27,28). The Morgan fingerprint density at radius 2 is 2.07 bits per heavy atom. The van der Waals surface area contributed by atoms with E-state index in [1.807, 2.05) is 12.3 Å². The van der Waals surface area contributed by atoms with Gasteiger partial charge in [0.05, 0.1) is 12.6 Å². The first-order valence-electron chi connectivity index (χ1n) is 9.66.